The molecule has 8 heteroatoms. The van der Waals surface area contributed by atoms with Gasteiger partial charge < -0.3 is 10.6 Å². The zero-order valence-corrected chi connectivity index (χ0v) is 13.3. The van der Waals surface area contributed by atoms with Gasteiger partial charge in [-0.3, -0.25) is 19.7 Å². The van der Waals surface area contributed by atoms with Gasteiger partial charge in [0.25, 0.3) is 11.6 Å². The molecule has 2 N–H and O–H groups in total. The molecule has 0 unspecified atom stereocenters. The van der Waals surface area contributed by atoms with E-state index in [4.69, 9.17) is 17.3 Å². The second-order valence-electron chi connectivity index (χ2n) is 4.93. The Bertz CT molecular complexity index is 780. The van der Waals surface area contributed by atoms with Gasteiger partial charge in [0.05, 0.1) is 15.5 Å². The molecular formula is C16H14ClN3O4. The van der Waals surface area contributed by atoms with Gasteiger partial charge in [0.2, 0.25) is 5.91 Å². The molecule has 0 atom stereocenters. The predicted molar refractivity (Wildman–Crippen MR) is 90.0 cm³/mol. The van der Waals surface area contributed by atoms with Crippen LogP contribution in [0.4, 0.5) is 11.4 Å². The van der Waals surface area contributed by atoms with Crippen molar-refractivity contribution < 1.29 is 14.5 Å². The predicted octanol–water partition coefficient (Wildman–Crippen LogP) is 2.77. The number of hydrogen-bond acceptors (Lipinski definition) is 4. The van der Waals surface area contributed by atoms with Crippen molar-refractivity contribution >= 4 is 34.8 Å². The molecule has 24 heavy (non-hydrogen) atoms. The van der Waals surface area contributed by atoms with Crippen molar-refractivity contribution in [2.24, 2.45) is 5.73 Å². The number of carbonyl (C=O) groups is 2. The molecule has 7 nitrogen and oxygen atoms in total. The number of nitrogens with two attached hydrogens (primary N) is 1. The highest BCUT2D eigenvalue weighted by Gasteiger charge is 2.22. The normalized spacial score (nSPS) is 10.2. The molecule has 0 aliphatic heterocycles. The maximum absolute atomic E-state index is 12.8. The van der Waals surface area contributed by atoms with Crippen molar-refractivity contribution in [1.29, 1.82) is 0 Å². The van der Waals surface area contributed by atoms with E-state index in [1.165, 1.54) is 17.0 Å². The summed E-state index contributed by atoms with van der Waals surface area (Å²) in [6, 6.07) is 12.3. The lowest BCUT2D eigenvalue weighted by molar-refractivity contribution is -0.384. The fourth-order valence-corrected chi connectivity index (χ4v) is 2.37. The van der Waals surface area contributed by atoms with E-state index in [0.29, 0.717) is 5.69 Å². The molecule has 0 bridgehead atoms. The molecule has 0 spiro atoms. The first kappa shape index (κ1) is 17.4. The first-order valence-electron chi connectivity index (χ1n) is 6.99. The van der Waals surface area contributed by atoms with Crippen molar-refractivity contribution in [2.75, 3.05) is 11.4 Å². The van der Waals surface area contributed by atoms with E-state index in [1.807, 2.05) is 0 Å². The molecule has 2 aromatic carbocycles. The lowest BCUT2D eigenvalue weighted by Gasteiger charge is -2.22. The maximum atomic E-state index is 12.8. The fourth-order valence-electron chi connectivity index (χ4n) is 2.11. The largest absolute Gasteiger partial charge is 0.370 e. The van der Waals surface area contributed by atoms with Crippen LogP contribution in [0.5, 0.6) is 0 Å². The fraction of sp³-hybridized carbons (Fsp3) is 0.125. The molecule has 2 rings (SSSR count). The van der Waals surface area contributed by atoms with Gasteiger partial charge in [0.1, 0.15) is 0 Å². The van der Waals surface area contributed by atoms with Gasteiger partial charge in [-0.25, -0.2) is 0 Å². The van der Waals surface area contributed by atoms with Crippen LogP contribution in [-0.2, 0) is 4.79 Å². The van der Waals surface area contributed by atoms with Gasteiger partial charge in [-0.1, -0.05) is 29.8 Å². The summed E-state index contributed by atoms with van der Waals surface area (Å²) in [5, 5.41) is 10.7. The molecule has 2 amide bonds. The van der Waals surface area contributed by atoms with Crippen LogP contribution in [-0.4, -0.2) is 23.3 Å². The number of nitro groups is 1. The van der Waals surface area contributed by atoms with Crippen LogP contribution in [0, 0.1) is 10.1 Å². The van der Waals surface area contributed by atoms with Crippen LogP contribution in [0.15, 0.2) is 48.5 Å². The summed E-state index contributed by atoms with van der Waals surface area (Å²) < 4.78 is 0. The summed E-state index contributed by atoms with van der Waals surface area (Å²) in [5.41, 5.74) is 5.63. The van der Waals surface area contributed by atoms with Crippen molar-refractivity contribution in [3.63, 3.8) is 0 Å². The third kappa shape index (κ3) is 4.08. The SMILES string of the molecule is NC(=O)CCN(C(=O)c1ccc([N+](=O)[O-])cc1Cl)c1ccccc1. The van der Waals surface area contributed by atoms with E-state index >= 15 is 0 Å². The number of halogens is 1. The summed E-state index contributed by atoms with van der Waals surface area (Å²) in [6.45, 7) is 0.0749. The van der Waals surface area contributed by atoms with Gasteiger partial charge in [0, 0.05) is 30.8 Å². The molecule has 0 aliphatic carbocycles. The van der Waals surface area contributed by atoms with E-state index < -0.39 is 16.7 Å². The highest BCUT2D eigenvalue weighted by atomic mass is 35.5. The monoisotopic (exact) mass is 347 g/mol. The number of benzene rings is 2. The molecule has 0 fully saturated rings. The lowest BCUT2D eigenvalue weighted by Crippen LogP contribution is -2.34. The Balaban J connectivity index is 2.37. The second-order valence-corrected chi connectivity index (χ2v) is 5.34. The van der Waals surface area contributed by atoms with Crippen LogP contribution in [0.2, 0.25) is 5.02 Å². The van der Waals surface area contributed by atoms with Crippen LogP contribution < -0.4 is 10.6 Å². The van der Waals surface area contributed by atoms with Gasteiger partial charge >= 0.3 is 0 Å². The van der Waals surface area contributed by atoms with Crippen molar-refractivity contribution in [1.82, 2.24) is 0 Å². The number of hydrogen-bond donors (Lipinski definition) is 1. The number of amides is 2. The van der Waals surface area contributed by atoms with Crippen LogP contribution >= 0.6 is 11.6 Å². The summed E-state index contributed by atoms with van der Waals surface area (Å²) >= 11 is 6.02. The number of nitro benzene ring substituents is 1. The van der Waals surface area contributed by atoms with Gasteiger partial charge in [0.15, 0.2) is 0 Å². The number of carbonyl (C=O) groups excluding carboxylic acids is 2. The molecular weight excluding hydrogens is 334 g/mol. The summed E-state index contributed by atoms with van der Waals surface area (Å²) in [7, 11) is 0. The van der Waals surface area contributed by atoms with Gasteiger partial charge in [-0.05, 0) is 18.2 Å². The molecule has 0 radical (unpaired) electrons. The minimum atomic E-state index is -0.595. The first-order chi connectivity index (χ1) is 11.4. The van der Waals surface area contributed by atoms with E-state index in [1.54, 1.807) is 30.3 Å². The molecule has 2 aromatic rings. The Hall–Kier alpha value is -2.93. The molecule has 0 heterocycles. The van der Waals surface area contributed by atoms with E-state index in [-0.39, 0.29) is 29.2 Å². The number of primary amides is 1. The van der Waals surface area contributed by atoms with E-state index in [2.05, 4.69) is 0 Å². The Morgan fingerprint density at radius 3 is 2.38 bits per heavy atom. The molecule has 0 saturated carbocycles. The Morgan fingerprint density at radius 1 is 1.17 bits per heavy atom. The van der Waals surface area contributed by atoms with E-state index in [0.717, 1.165) is 6.07 Å². The average molecular weight is 348 g/mol. The summed E-state index contributed by atoms with van der Waals surface area (Å²) in [6.07, 6.45) is -0.0226. The summed E-state index contributed by atoms with van der Waals surface area (Å²) in [5.74, 6) is -1.01. The minimum absolute atomic E-state index is 0.0226. The molecule has 0 aliphatic rings. The van der Waals surface area contributed by atoms with Crippen molar-refractivity contribution in [2.45, 2.75) is 6.42 Å². The Kier molecular flexibility index (Phi) is 5.49. The number of non-ortho nitro benzene ring substituents is 1. The highest BCUT2D eigenvalue weighted by molar-refractivity contribution is 6.34. The van der Waals surface area contributed by atoms with Crippen molar-refractivity contribution in [3.8, 4) is 0 Å². The Morgan fingerprint density at radius 2 is 1.83 bits per heavy atom. The maximum Gasteiger partial charge on any atom is 0.270 e. The number of anilines is 1. The molecule has 0 saturated heterocycles. The minimum Gasteiger partial charge on any atom is -0.370 e. The number of rotatable bonds is 6. The highest BCUT2D eigenvalue weighted by Crippen LogP contribution is 2.26. The summed E-state index contributed by atoms with van der Waals surface area (Å²) in [4.78, 5) is 35.4. The molecule has 124 valence electrons. The van der Waals surface area contributed by atoms with Gasteiger partial charge in [-0.2, -0.15) is 0 Å². The van der Waals surface area contributed by atoms with E-state index in [9.17, 15) is 19.7 Å². The quantitative estimate of drug-likeness (QED) is 0.640. The zero-order chi connectivity index (χ0) is 17.7. The van der Waals surface area contributed by atoms with Crippen molar-refractivity contribution in [3.05, 3.63) is 69.2 Å². The third-order valence-corrected chi connectivity index (χ3v) is 3.60. The first-order valence-corrected chi connectivity index (χ1v) is 7.37. The van der Waals surface area contributed by atoms with Crippen LogP contribution in [0.1, 0.15) is 16.8 Å². The molecule has 0 aromatic heterocycles. The lowest BCUT2D eigenvalue weighted by atomic mass is 10.1. The second kappa shape index (κ2) is 7.56. The topological polar surface area (TPSA) is 107 Å². The number of para-hydroxylation sites is 1. The third-order valence-electron chi connectivity index (χ3n) is 3.29. The Labute approximate surface area is 142 Å². The standard InChI is InChI=1S/C16H14ClN3O4/c17-14-10-12(20(23)24)6-7-13(14)16(22)19(9-8-15(18)21)11-4-2-1-3-5-11/h1-7,10H,8-9H2,(H2,18,21). The average Bonchev–Trinajstić information content (AvgIpc) is 2.55. The van der Waals surface area contributed by atoms with Gasteiger partial charge in [-0.15, -0.1) is 0 Å². The number of nitrogens with zero attached hydrogens (tertiary/aromatic N) is 2. The zero-order valence-electron chi connectivity index (χ0n) is 12.5. The van der Waals surface area contributed by atoms with Crippen LogP contribution in [0.25, 0.3) is 0 Å². The van der Waals surface area contributed by atoms with Crippen LogP contribution in [0.3, 0.4) is 0 Å². The smallest absolute Gasteiger partial charge is 0.270 e.